The number of fused-ring (bicyclic) bond motifs is 1. The van der Waals surface area contributed by atoms with E-state index in [4.69, 9.17) is 5.73 Å². The van der Waals surface area contributed by atoms with Crippen LogP contribution in [-0.2, 0) is 12.8 Å². The molecular weight excluding hydrogens is 422 g/mol. The minimum atomic E-state index is -0.00631. The molecule has 4 rings (SSSR count). The maximum atomic E-state index is 12.5. The molecule has 0 saturated carbocycles. The second kappa shape index (κ2) is 11.7. The van der Waals surface area contributed by atoms with Gasteiger partial charge in [0.15, 0.2) is 0 Å². The molecule has 0 fully saturated rings. The summed E-state index contributed by atoms with van der Waals surface area (Å²) in [6.45, 7) is 5.07. The number of nitrogens with zero attached hydrogens (tertiary/aromatic N) is 3. The largest absolute Gasteiger partial charge is 0.368 e. The lowest BCUT2D eigenvalue weighted by Crippen LogP contribution is -2.41. The molecule has 3 aromatic rings. The summed E-state index contributed by atoms with van der Waals surface area (Å²) < 4.78 is 0. The summed E-state index contributed by atoms with van der Waals surface area (Å²) >= 11 is 0. The molecule has 1 heterocycles. The zero-order valence-electron chi connectivity index (χ0n) is 20.0. The van der Waals surface area contributed by atoms with Crippen LogP contribution in [0.3, 0.4) is 0 Å². The molecule has 3 N–H and O–H groups in total. The van der Waals surface area contributed by atoms with Gasteiger partial charge in [0.1, 0.15) is 0 Å². The standard InChI is InChI=1S/C28H35N5O/c1-2-17-33(25-14-15-26-24(19-25)20-31-28(29)32-26)18-7-6-16-30-27(34)23-12-10-22(11-13-23)21-8-4-3-5-9-21/h3-5,8-13,20,25H,2,6-7,14-19H2,1H3,(H,30,34)(H2,29,31,32). The van der Waals surface area contributed by atoms with E-state index < -0.39 is 0 Å². The van der Waals surface area contributed by atoms with Gasteiger partial charge in [0.2, 0.25) is 5.95 Å². The summed E-state index contributed by atoms with van der Waals surface area (Å²) in [6.07, 6.45) is 8.13. The third-order valence-electron chi connectivity index (χ3n) is 6.58. The molecule has 1 atom stereocenters. The van der Waals surface area contributed by atoms with Crippen LogP contribution < -0.4 is 11.1 Å². The van der Waals surface area contributed by atoms with Crippen LogP contribution in [0.4, 0.5) is 5.95 Å². The Hall–Kier alpha value is -3.25. The van der Waals surface area contributed by atoms with Crippen molar-refractivity contribution in [1.82, 2.24) is 20.2 Å². The maximum absolute atomic E-state index is 12.5. The third-order valence-corrected chi connectivity index (χ3v) is 6.58. The zero-order valence-corrected chi connectivity index (χ0v) is 20.0. The van der Waals surface area contributed by atoms with Gasteiger partial charge in [0.25, 0.3) is 5.91 Å². The molecule has 6 nitrogen and oxygen atoms in total. The Labute approximate surface area is 202 Å². The van der Waals surface area contributed by atoms with Gasteiger partial charge in [-0.15, -0.1) is 0 Å². The number of carbonyl (C=O) groups excluding carboxylic acids is 1. The van der Waals surface area contributed by atoms with Crippen molar-refractivity contribution >= 4 is 11.9 Å². The Morgan fingerprint density at radius 2 is 1.82 bits per heavy atom. The predicted molar refractivity (Wildman–Crippen MR) is 138 cm³/mol. The summed E-state index contributed by atoms with van der Waals surface area (Å²) in [5.74, 6) is 0.366. The van der Waals surface area contributed by atoms with Crippen LogP contribution in [0.2, 0.25) is 0 Å². The molecule has 178 valence electrons. The van der Waals surface area contributed by atoms with Gasteiger partial charge in [0.05, 0.1) is 0 Å². The van der Waals surface area contributed by atoms with Gasteiger partial charge in [-0.1, -0.05) is 49.4 Å². The van der Waals surface area contributed by atoms with Gasteiger partial charge in [0, 0.05) is 30.0 Å². The fourth-order valence-electron chi connectivity index (χ4n) is 4.77. The van der Waals surface area contributed by atoms with Gasteiger partial charge >= 0.3 is 0 Å². The number of nitrogens with one attached hydrogen (secondary N) is 1. The van der Waals surface area contributed by atoms with E-state index in [1.165, 1.54) is 5.56 Å². The number of aromatic nitrogens is 2. The van der Waals surface area contributed by atoms with Crippen molar-refractivity contribution in [1.29, 1.82) is 0 Å². The number of carbonyl (C=O) groups is 1. The van der Waals surface area contributed by atoms with Crippen LogP contribution >= 0.6 is 0 Å². The van der Waals surface area contributed by atoms with Crippen LogP contribution in [0.15, 0.2) is 60.8 Å². The number of rotatable bonds is 10. The average Bonchev–Trinajstić information content (AvgIpc) is 2.88. The van der Waals surface area contributed by atoms with Crippen molar-refractivity contribution in [2.75, 3.05) is 25.4 Å². The molecule has 0 saturated heterocycles. The Kier molecular flexibility index (Phi) is 8.26. The number of benzene rings is 2. The molecule has 1 aromatic heterocycles. The average molecular weight is 458 g/mol. The van der Waals surface area contributed by atoms with Crippen molar-refractivity contribution < 1.29 is 4.79 Å². The van der Waals surface area contributed by atoms with E-state index >= 15 is 0 Å². The second-order valence-corrected chi connectivity index (χ2v) is 9.04. The number of aryl methyl sites for hydroxylation is 1. The number of unbranched alkanes of at least 4 members (excludes halogenated alkanes) is 1. The van der Waals surface area contributed by atoms with E-state index in [0.29, 0.717) is 24.1 Å². The lowest BCUT2D eigenvalue weighted by atomic mass is 9.91. The van der Waals surface area contributed by atoms with Crippen LogP contribution in [0.25, 0.3) is 11.1 Å². The molecule has 0 bridgehead atoms. The highest BCUT2D eigenvalue weighted by Crippen LogP contribution is 2.24. The Balaban J connectivity index is 1.21. The van der Waals surface area contributed by atoms with Crippen molar-refractivity contribution in [3.63, 3.8) is 0 Å². The molecule has 1 unspecified atom stereocenters. The van der Waals surface area contributed by atoms with Crippen molar-refractivity contribution in [2.45, 2.75) is 51.5 Å². The molecule has 1 aliphatic carbocycles. The van der Waals surface area contributed by atoms with E-state index in [1.807, 2.05) is 48.7 Å². The quantitative estimate of drug-likeness (QED) is 0.438. The fraction of sp³-hybridized carbons (Fsp3) is 0.393. The van der Waals surface area contributed by atoms with Crippen molar-refractivity contribution in [2.24, 2.45) is 0 Å². The Morgan fingerprint density at radius 3 is 2.59 bits per heavy atom. The highest BCUT2D eigenvalue weighted by Gasteiger charge is 2.24. The highest BCUT2D eigenvalue weighted by atomic mass is 16.1. The molecule has 2 aromatic carbocycles. The van der Waals surface area contributed by atoms with E-state index in [1.54, 1.807) is 0 Å². The molecule has 6 heteroatoms. The number of nitrogen functional groups attached to an aromatic ring is 1. The number of anilines is 1. The van der Waals surface area contributed by atoms with Gasteiger partial charge < -0.3 is 16.0 Å². The monoisotopic (exact) mass is 457 g/mol. The number of hydrogen-bond donors (Lipinski definition) is 2. The van der Waals surface area contributed by atoms with Crippen LogP contribution in [0.1, 0.15) is 54.2 Å². The van der Waals surface area contributed by atoms with E-state index in [9.17, 15) is 4.79 Å². The first-order valence-corrected chi connectivity index (χ1v) is 12.4. The van der Waals surface area contributed by atoms with Crippen LogP contribution in [0.5, 0.6) is 0 Å². The van der Waals surface area contributed by atoms with E-state index in [2.05, 4.69) is 39.2 Å². The molecule has 1 aliphatic rings. The first-order valence-electron chi connectivity index (χ1n) is 12.4. The molecule has 0 radical (unpaired) electrons. The second-order valence-electron chi connectivity index (χ2n) is 9.04. The first kappa shape index (κ1) is 23.9. The van der Waals surface area contributed by atoms with Gasteiger partial charge in [-0.3, -0.25) is 4.79 Å². The smallest absolute Gasteiger partial charge is 0.251 e. The Bertz CT molecular complexity index is 1070. The van der Waals surface area contributed by atoms with Crippen LogP contribution in [0, 0.1) is 0 Å². The summed E-state index contributed by atoms with van der Waals surface area (Å²) in [5.41, 5.74) is 11.1. The predicted octanol–water partition coefficient (Wildman–Crippen LogP) is 4.51. The number of hydrogen-bond acceptors (Lipinski definition) is 5. The highest BCUT2D eigenvalue weighted by molar-refractivity contribution is 5.94. The summed E-state index contributed by atoms with van der Waals surface area (Å²) in [5, 5.41) is 3.08. The fourth-order valence-corrected chi connectivity index (χ4v) is 4.77. The molecular formula is C28H35N5O. The topological polar surface area (TPSA) is 84.1 Å². The molecule has 0 spiro atoms. The summed E-state index contributed by atoms with van der Waals surface area (Å²) in [4.78, 5) is 23.7. The third kappa shape index (κ3) is 6.20. The van der Waals surface area contributed by atoms with E-state index in [-0.39, 0.29) is 5.91 Å². The summed E-state index contributed by atoms with van der Waals surface area (Å²) in [6, 6.07) is 18.6. The minimum Gasteiger partial charge on any atom is -0.368 e. The molecule has 0 aliphatic heterocycles. The minimum absolute atomic E-state index is 0.00631. The lowest BCUT2D eigenvalue weighted by Gasteiger charge is -2.34. The summed E-state index contributed by atoms with van der Waals surface area (Å²) in [7, 11) is 0. The Morgan fingerprint density at radius 1 is 1.06 bits per heavy atom. The SMILES string of the molecule is CCCN(CCCCNC(=O)c1ccc(-c2ccccc2)cc1)C1CCc2nc(N)ncc2C1. The van der Waals surface area contributed by atoms with Crippen LogP contribution in [-0.4, -0.2) is 46.5 Å². The number of nitrogens with two attached hydrogens (primary N) is 1. The van der Waals surface area contributed by atoms with Gasteiger partial charge in [-0.2, -0.15) is 0 Å². The number of amides is 1. The molecule has 1 amide bonds. The molecule has 34 heavy (non-hydrogen) atoms. The maximum Gasteiger partial charge on any atom is 0.251 e. The van der Waals surface area contributed by atoms with Crippen molar-refractivity contribution in [3.05, 3.63) is 77.6 Å². The lowest BCUT2D eigenvalue weighted by molar-refractivity contribution is 0.0952. The normalized spacial score (nSPS) is 15.2. The first-order chi connectivity index (χ1) is 16.6. The van der Waals surface area contributed by atoms with Gasteiger partial charge in [-0.05, 0) is 80.4 Å². The van der Waals surface area contributed by atoms with E-state index in [0.717, 1.165) is 68.4 Å². The van der Waals surface area contributed by atoms with Crippen molar-refractivity contribution in [3.8, 4) is 11.1 Å². The van der Waals surface area contributed by atoms with Gasteiger partial charge in [-0.25, -0.2) is 9.97 Å². The zero-order chi connectivity index (χ0) is 23.8.